The largest absolute Gasteiger partial charge is 0.489 e. The van der Waals surface area contributed by atoms with E-state index in [9.17, 15) is 4.79 Å². The van der Waals surface area contributed by atoms with Crippen LogP contribution in [0.25, 0.3) is 0 Å². The molecule has 0 amide bonds. The Balaban J connectivity index is 1.92. The lowest BCUT2D eigenvalue weighted by molar-refractivity contribution is 0.0697. The van der Waals surface area contributed by atoms with Gasteiger partial charge in [0.15, 0.2) is 0 Å². The number of ether oxygens (including phenoxy) is 1. The summed E-state index contributed by atoms with van der Waals surface area (Å²) >= 11 is 0. The average molecular weight is 271 g/mol. The topological polar surface area (TPSA) is 58.6 Å². The van der Waals surface area contributed by atoms with Crippen molar-refractivity contribution in [2.45, 2.75) is 13.2 Å². The van der Waals surface area contributed by atoms with E-state index >= 15 is 0 Å². The highest BCUT2D eigenvalue weighted by molar-refractivity contribution is 5.87. The smallest absolute Gasteiger partial charge is 0.335 e. The first-order valence-electron chi connectivity index (χ1n) is 6.37. The summed E-state index contributed by atoms with van der Waals surface area (Å²) in [5, 5.41) is 11.9. The van der Waals surface area contributed by atoms with Gasteiger partial charge in [-0.25, -0.2) is 4.79 Å². The van der Waals surface area contributed by atoms with Gasteiger partial charge in [-0.05, 0) is 42.4 Å². The average Bonchev–Trinajstić information content (AvgIpc) is 2.47. The van der Waals surface area contributed by atoms with Gasteiger partial charge in [-0.1, -0.05) is 24.3 Å². The van der Waals surface area contributed by atoms with Crippen LogP contribution in [0, 0.1) is 0 Å². The van der Waals surface area contributed by atoms with Gasteiger partial charge in [-0.15, -0.1) is 0 Å². The van der Waals surface area contributed by atoms with Gasteiger partial charge in [-0.3, -0.25) is 0 Å². The minimum absolute atomic E-state index is 0.283. The summed E-state index contributed by atoms with van der Waals surface area (Å²) in [6.45, 7) is 1.25. The molecule has 2 rings (SSSR count). The normalized spacial score (nSPS) is 10.2. The number of aromatic carboxylic acids is 1. The number of carbonyl (C=O) groups is 1. The molecule has 0 aliphatic rings. The molecule has 0 unspecified atom stereocenters. The summed E-state index contributed by atoms with van der Waals surface area (Å²) in [4.78, 5) is 10.7. The Morgan fingerprint density at radius 2 is 1.65 bits per heavy atom. The molecule has 4 heteroatoms. The highest BCUT2D eigenvalue weighted by Crippen LogP contribution is 2.14. The van der Waals surface area contributed by atoms with Crippen molar-refractivity contribution >= 4 is 5.97 Å². The number of hydrogen-bond acceptors (Lipinski definition) is 3. The maximum atomic E-state index is 10.7. The van der Waals surface area contributed by atoms with Gasteiger partial charge in [0.2, 0.25) is 0 Å². The van der Waals surface area contributed by atoms with Crippen molar-refractivity contribution in [3.63, 3.8) is 0 Å². The lowest BCUT2D eigenvalue weighted by atomic mass is 10.1. The molecule has 0 spiro atoms. The van der Waals surface area contributed by atoms with Crippen LogP contribution in [0.5, 0.6) is 5.75 Å². The monoisotopic (exact) mass is 271 g/mol. The van der Waals surface area contributed by atoms with Crippen LogP contribution in [-0.4, -0.2) is 18.1 Å². The van der Waals surface area contributed by atoms with Gasteiger partial charge in [-0.2, -0.15) is 0 Å². The molecule has 4 nitrogen and oxygen atoms in total. The minimum Gasteiger partial charge on any atom is -0.489 e. The summed E-state index contributed by atoms with van der Waals surface area (Å²) in [5.74, 6) is -0.121. The first-order chi connectivity index (χ1) is 9.69. The van der Waals surface area contributed by atoms with Crippen LogP contribution in [0.15, 0.2) is 48.5 Å². The zero-order chi connectivity index (χ0) is 14.4. The highest BCUT2D eigenvalue weighted by Gasteiger charge is 2.02. The lowest BCUT2D eigenvalue weighted by Gasteiger charge is -2.07. The lowest BCUT2D eigenvalue weighted by Crippen LogP contribution is -2.04. The van der Waals surface area contributed by atoms with Crippen LogP contribution in [0.4, 0.5) is 0 Å². The van der Waals surface area contributed by atoms with Crippen LogP contribution >= 0.6 is 0 Å². The van der Waals surface area contributed by atoms with Crippen molar-refractivity contribution in [3.8, 4) is 5.75 Å². The quantitative estimate of drug-likeness (QED) is 0.848. The molecular weight excluding hydrogens is 254 g/mol. The van der Waals surface area contributed by atoms with Crippen LogP contribution in [0.1, 0.15) is 21.5 Å². The first-order valence-corrected chi connectivity index (χ1v) is 6.37. The van der Waals surface area contributed by atoms with E-state index in [1.807, 2.05) is 31.3 Å². The van der Waals surface area contributed by atoms with E-state index in [0.717, 1.165) is 17.9 Å². The minimum atomic E-state index is -0.919. The highest BCUT2D eigenvalue weighted by atomic mass is 16.5. The maximum absolute atomic E-state index is 10.7. The van der Waals surface area contributed by atoms with Crippen molar-refractivity contribution in [2.75, 3.05) is 7.05 Å². The Hall–Kier alpha value is -2.33. The number of rotatable bonds is 6. The number of carboxylic acids is 1. The Labute approximate surface area is 118 Å². The fourth-order valence-electron chi connectivity index (χ4n) is 1.82. The van der Waals surface area contributed by atoms with Crippen molar-refractivity contribution in [1.82, 2.24) is 5.32 Å². The van der Waals surface area contributed by atoms with Crippen molar-refractivity contribution in [2.24, 2.45) is 0 Å². The zero-order valence-electron chi connectivity index (χ0n) is 11.3. The molecule has 2 aromatic rings. The summed E-state index contributed by atoms with van der Waals surface area (Å²) in [5.41, 5.74) is 2.42. The van der Waals surface area contributed by atoms with E-state index in [2.05, 4.69) is 5.32 Å². The van der Waals surface area contributed by atoms with Gasteiger partial charge in [0.05, 0.1) is 5.56 Å². The molecule has 0 aliphatic heterocycles. The third kappa shape index (κ3) is 3.83. The van der Waals surface area contributed by atoms with Crippen LogP contribution in [0.3, 0.4) is 0 Å². The van der Waals surface area contributed by atoms with E-state index in [0.29, 0.717) is 6.61 Å². The summed E-state index contributed by atoms with van der Waals surface area (Å²) < 4.78 is 5.66. The molecule has 0 saturated heterocycles. The molecule has 0 aliphatic carbocycles. The van der Waals surface area contributed by atoms with E-state index in [1.54, 1.807) is 24.3 Å². The van der Waals surface area contributed by atoms with E-state index in [-0.39, 0.29) is 5.56 Å². The second kappa shape index (κ2) is 6.73. The molecule has 0 radical (unpaired) electrons. The molecule has 0 bridgehead atoms. The zero-order valence-corrected chi connectivity index (χ0v) is 11.3. The summed E-state index contributed by atoms with van der Waals surface area (Å²) in [6, 6.07) is 14.6. The van der Waals surface area contributed by atoms with E-state index < -0.39 is 5.97 Å². The molecular formula is C16H17NO3. The maximum Gasteiger partial charge on any atom is 0.335 e. The fourth-order valence-corrected chi connectivity index (χ4v) is 1.82. The fraction of sp³-hybridized carbons (Fsp3) is 0.188. The summed E-state index contributed by atoms with van der Waals surface area (Å²) in [7, 11) is 1.91. The van der Waals surface area contributed by atoms with Crippen molar-refractivity contribution in [1.29, 1.82) is 0 Å². The predicted octanol–water partition coefficient (Wildman–Crippen LogP) is 2.68. The molecule has 104 valence electrons. The third-order valence-electron chi connectivity index (χ3n) is 2.91. The number of carboxylic acid groups (broad SMARTS) is 1. The molecule has 2 aromatic carbocycles. The molecule has 20 heavy (non-hydrogen) atoms. The predicted molar refractivity (Wildman–Crippen MR) is 76.9 cm³/mol. The van der Waals surface area contributed by atoms with E-state index in [1.165, 1.54) is 5.56 Å². The Morgan fingerprint density at radius 1 is 1.05 bits per heavy atom. The van der Waals surface area contributed by atoms with Gasteiger partial charge in [0, 0.05) is 6.54 Å². The Morgan fingerprint density at radius 3 is 2.20 bits per heavy atom. The van der Waals surface area contributed by atoms with E-state index in [4.69, 9.17) is 9.84 Å². The van der Waals surface area contributed by atoms with Gasteiger partial charge in [0.25, 0.3) is 0 Å². The molecule has 0 atom stereocenters. The Bertz CT molecular complexity index is 561. The van der Waals surface area contributed by atoms with Gasteiger partial charge < -0.3 is 15.2 Å². The Kier molecular flexibility index (Phi) is 4.74. The molecule has 2 N–H and O–H groups in total. The van der Waals surface area contributed by atoms with Crippen LogP contribution in [-0.2, 0) is 13.2 Å². The number of hydrogen-bond donors (Lipinski definition) is 2. The summed E-state index contributed by atoms with van der Waals surface area (Å²) in [6.07, 6.45) is 0. The van der Waals surface area contributed by atoms with Crippen LogP contribution < -0.4 is 10.1 Å². The second-order valence-electron chi connectivity index (χ2n) is 4.47. The van der Waals surface area contributed by atoms with Gasteiger partial charge in [0.1, 0.15) is 12.4 Å². The van der Waals surface area contributed by atoms with Gasteiger partial charge >= 0.3 is 5.97 Å². The van der Waals surface area contributed by atoms with Crippen LogP contribution in [0.2, 0.25) is 0 Å². The molecule has 0 saturated carbocycles. The number of benzene rings is 2. The second-order valence-corrected chi connectivity index (χ2v) is 4.47. The standard InChI is InChI=1S/C16H17NO3/c1-17-10-12-4-8-15(9-5-12)20-11-13-2-6-14(7-3-13)16(18)19/h2-9,17H,10-11H2,1H3,(H,18,19). The third-order valence-corrected chi connectivity index (χ3v) is 2.91. The molecule has 0 fully saturated rings. The first kappa shape index (κ1) is 14.1. The van der Waals surface area contributed by atoms with Crippen molar-refractivity contribution < 1.29 is 14.6 Å². The number of nitrogens with one attached hydrogen (secondary N) is 1. The van der Waals surface area contributed by atoms with Crippen molar-refractivity contribution in [3.05, 3.63) is 65.2 Å². The molecule has 0 heterocycles. The SMILES string of the molecule is CNCc1ccc(OCc2ccc(C(=O)O)cc2)cc1. The molecule has 0 aromatic heterocycles.